The first kappa shape index (κ1) is 12.6. The number of para-hydroxylation sites is 1. The van der Waals surface area contributed by atoms with Gasteiger partial charge in [0, 0.05) is 5.39 Å². The standard InChI is InChI=1S/C15H10ClN3O/c16-11-6-2-4-8-13(11)17-15(20)14-9-10-5-1-3-7-12(10)18-19-14/h1-9H,(H,17,20). The van der Waals surface area contributed by atoms with Gasteiger partial charge in [-0.15, -0.1) is 10.2 Å². The van der Waals surface area contributed by atoms with Gasteiger partial charge < -0.3 is 5.32 Å². The molecule has 1 amide bonds. The third kappa shape index (κ3) is 2.46. The molecule has 3 aromatic rings. The number of hydrogen-bond donors (Lipinski definition) is 1. The lowest BCUT2D eigenvalue weighted by Gasteiger charge is -2.06. The van der Waals surface area contributed by atoms with E-state index in [9.17, 15) is 4.79 Å². The Kier molecular flexibility index (Phi) is 3.31. The number of benzene rings is 2. The van der Waals surface area contributed by atoms with Crippen LogP contribution in [0.5, 0.6) is 0 Å². The molecule has 0 unspecified atom stereocenters. The monoisotopic (exact) mass is 283 g/mol. The van der Waals surface area contributed by atoms with Gasteiger partial charge >= 0.3 is 0 Å². The number of hydrogen-bond acceptors (Lipinski definition) is 3. The average molecular weight is 284 g/mol. The molecule has 0 aliphatic rings. The number of halogens is 1. The summed E-state index contributed by atoms with van der Waals surface area (Å²) in [6.07, 6.45) is 0. The number of fused-ring (bicyclic) bond motifs is 1. The fourth-order valence-electron chi connectivity index (χ4n) is 1.84. The molecular weight excluding hydrogens is 274 g/mol. The first-order valence-electron chi connectivity index (χ1n) is 6.02. The topological polar surface area (TPSA) is 54.9 Å². The van der Waals surface area contributed by atoms with Crippen molar-refractivity contribution in [1.82, 2.24) is 10.2 Å². The molecule has 0 aliphatic carbocycles. The minimum Gasteiger partial charge on any atom is -0.319 e. The van der Waals surface area contributed by atoms with E-state index in [2.05, 4.69) is 15.5 Å². The van der Waals surface area contributed by atoms with Gasteiger partial charge in [0.15, 0.2) is 5.69 Å². The molecule has 0 atom stereocenters. The highest BCUT2D eigenvalue weighted by molar-refractivity contribution is 6.33. The van der Waals surface area contributed by atoms with E-state index in [1.807, 2.05) is 24.3 Å². The fourth-order valence-corrected chi connectivity index (χ4v) is 2.03. The summed E-state index contributed by atoms with van der Waals surface area (Å²) in [4.78, 5) is 12.1. The van der Waals surface area contributed by atoms with E-state index in [1.165, 1.54) is 0 Å². The Labute approximate surface area is 120 Å². The van der Waals surface area contributed by atoms with Crippen molar-refractivity contribution < 1.29 is 4.79 Å². The Morgan fingerprint density at radius 2 is 1.75 bits per heavy atom. The Morgan fingerprint density at radius 3 is 2.60 bits per heavy atom. The van der Waals surface area contributed by atoms with E-state index in [1.54, 1.807) is 30.3 Å². The number of amides is 1. The predicted octanol–water partition coefficient (Wildman–Crippen LogP) is 3.54. The van der Waals surface area contributed by atoms with Gasteiger partial charge in [0.1, 0.15) is 0 Å². The largest absolute Gasteiger partial charge is 0.319 e. The van der Waals surface area contributed by atoms with Crippen LogP contribution in [0.15, 0.2) is 54.6 Å². The second-order valence-electron chi connectivity index (χ2n) is 4.22. The van der Waals surface area contributed by atoms with Gasteiger partial charge in [-0.25, -0.2) is 0 Å². The number of rotatable bonds is 2. The van der Waals surface area contributed by atoms with Crippen LogP contribution in [-0.2, 0) is 0 Å². The maximum absolute atomic E-state index is 12.1. The van der Waals surface area contributed by atoms with Crippen LogP contribution in [0.2, 0.25) is 5.02 Å². The van der Waals surface area contributed by atoms with Gasteiger partial charge in [-0.05, 0) is 24.3 Å². The third-order valence-corrected chi connectivity index (χ3v) is 3.18. The number of anilines is 1. The molecule has 0 bridgehead atoms. The lowest BCUT2D eigenvalue weighted by atomic mass is 10.2. The molecule has 3 rings (SSSR count). The molecule has 4 nitrogen and oxygen atoms in total. The zero-order valence-corrected chi connectivity index (χ0v) is 11.1. The van der Waals surface area contributed by atoms with Crippen molar-refractivity contribution >= 4 is 34.1 Å². The van der Waals surface area contributed by atoms with Crippen LogP contribution in [-0.4, -0.2) is 16.1 Å². The molecule has 0 saturated carbocycles. The van der Waals surface area contributed by atoms with Crippen molar-refractivity contribution in [2.45, 2.75) is 0 Å². The summed E-state index contributed by atoms with van der Waals surface area (Å²) in [5.74, 6) is -0.337. The predicted molar refractivity (Wildman–Crippen MR) is 78.9 cm³/mol. The molecule has 98 valence electrons. The molecule has 0 radical (unpaired) electrons. The summed E-state index contributed by atoms with van der Waals surface area (Å²) in [5.41, 5.74) is 1.56. The molecular formula is C15H10ClN3O. The molecule has 2 aromatic carbocycles. The minimum absolute atomic E-state index is 0.253. The lowest BCUT2D eigenvalue weighted by Crippen LogP contribution is -2.14. The van der Waals surface area contributed by atoms with Crippen LogP contribution in [0.3, 0.4) is 0 Å². The quantitative estimate of drug-likeness (QED) is 0.783. The minimum atomic E-state index is -0.337. The average Bonchev–Trinajstić information content (AvgIpc) is 2.49. The van der Waals surface area contributed by atoms with Crippen LogP contribution in [0, 0.1) is 0 Å². The van der Waals surface area contributed by atoms with E-state index in [4.69, 9.17) is 11.6 Å². The molecule has 5 heteroatoms. The Morgan fingerprint density at radius 1 is 1.00 bits per heavy atom. The van der Waals surface area contributed by atoms with E-state index in [0.29, 0.717) is 10.7 Å². The van der Waals surface area contributed by atoms with Crippen LogP contribution in [0.25, 0.3) is 10.9 Å². The molecule has 1 aromatic heterocycles. The van der Waals surface area contributed by atoms with Crippen molar-refractivity contribution in [3.05, 3.63) is 65.3 Å². The van der Waals surface area contributed by atoms with E-state index >= 15 is 0 Å². The van der Waals surface area contributed by atoms with E-state index in [0.717, 1.165) is 10.9 Å². The van der Waals surface area contributed by atoms with Crippen molar-refractivity contribution in [2.75, 3.05) is 5.32 Å². The molecule has 20 heavy (non-hydrogen) atoms. The van der Waals surface area contributed by atoms with Crippen LogP contribution in [0.1, 0.15) is 10.5 Å². The zero-order chi connectivity index (χ0) is 13.9. The second-order valence-corrected chi connectivity index (χ2v) is 4.63. The molecule has 1 heterocycles. The highest BCUT2D eigenvalue weighted by atomic mass is 35.5. The maximum atomic E-state index is 12.1. The summed E-state index contributed by atoms with van der Waals surface area (Å²) in [6.45, 7) is 0. The lowest BCUT2D eigenvalue weighted by molar-refractivity contribution is 0.102. The number of carbonyl (C=O) groups excluding carboxylic acids is 1. The maximum Gasteiger partial charge on any atom is 0.276 e. The Bertz CT molecular complexity index is 789. The van der Waals surface area contributed by atoms with Gasteiger partial charge in [0.05, 0.1) is 16.2 Å². The molecule has 0 saturated heterocycles. The van der Waals surface area contributed by atoms with Gasteiger partial charge in [-0.3, -0.25) is 4.79 Å². The summed E-state index contributed by atoms with van der Waals surface area (Å²) < 4.78 is 0. The summed E-state index contributed by atoms with van der Waals surface area (Å²) in [6, 6.07) is 16.2. The van der Waals surface area contributed by atoms with E-state index in [-0.39, 0.29) is 11.6 Å². The first-order chi connectivity index (χ1) is 9.74. The number of carbonyl (C=O) groups is 1. The SMILES string of the molecule is O=C(Nc1ccccc1Cl)c1cc2ccccc2nn1. The van der Waals surface area contributed by atoms with Crippen molar-refractivity contribution in [3.63, 3.8) is 0 Å². The van der Waals surface area contributed by atoms with Crippen LogP contribution >= 0.6 is 11.6 Å². The summed E-state index contributed by atoms with van der Waals surface area (Å²) in [5, 5.41) is 12.0. The first-order valence-corrected chi connectivity index (χ1v) is 6.40. The van der Waals surface area contributed by atoms with Crippen molar-refractivity contribution in [3.8, 4) is 0 Å². The second kappa shape index (κ2) is 5.27. The van der Waals surface area contributed by atoms with Gasteiger partial charge in [-0.1, -0.05) is 41.9 Å². The normalized spacial score (nSPS) is 10.4. The highest BCUT2D eigenvalue weighted by Gasteiger charge is 2.11. The fraction of sp³-hybridized carbons (Fsp3) is 0. The highest BCUT2D eigenvalue weighted by Crippen LogP contribution is 2.21. The number of nitrogens with zero attached hydrogens (tertiary/aromatic N) is 2. The van der Waals surface area contributed by atoms with Crippen LogP contribution in [0.4, 0.5) is 5.69 Å². The molecule has 0 spiro atoms. The van der Waals surface area contributed by atoms with Crippen LogP contribution < -0.4 is 5.32 Å². The van der Waals surface area contributed by atoms with Crippen molar-refractivity contribution in [2.24, 2.45) is 0 Å². The molecule has 1 N–H and O–H groups in total. The number of aromatic nitrogens is 2. The van der Waals surface area contributed by atoms with Gasteiger partial charge in [0.25, 0.3) is 5.91 Å². The molecule has 0 fully saturated rings. The molecule has 0 aliphatic heterocycles. The van der Waals surface area contributed by atoms with E-state index < -0.39 is 0 Å². The van der Waals surface area contributed by atoms with Gasteiger partial charge in [0.2, 0.25) is 0 Å². The zero-order valence-electron chi connectivity index (χ0n) is 10.4. The third-order valence-electron chi connectivity index (χ3n) is 2.85. The Balaban J connectivity index is 1.91. The summed E-state index contributed by atoms with van der Waals surface area (Å²) >= 11 is 6.00. The van der Waals surface area contributed by atoms with Crippen molar-refractivity contribution in [1.29, 1.82) is 0 Å². The Hall–Kier alpha value is -2.46. The smallest absolute Gasteiger partial charge is 0.276 e. The summed E-state index contributed by atoms with van der Waals surface area (Å²) in [7, 11) is 0. The van der Waals surface area contributed by atoms with Gasteiger partial charge in [-0.2, -0.15) is 0 Å². The number of nitrogens with one attached hydrogen (secondary N) is 1.